The molecule has 2 aliphatic carbocycles. The summed E-state index contributed by atoms with van der Waals surface area (Å²) in [5, 5.41) is 17.7. The number of hydrogen-bond acceptors (Lipinski definition) is 2. The average molecular weight is 282 g/mol. The molecule has 0 aromatic heterocycles. The first-order valence-corrected chi connectivity index (χ1v) is 6.50. The Labute approximate surface area is 129 Å². The fraction of sp³-hybridized carbons (Fsp3) is 0.111. The van der Waals surface area contributed by atoms with Gasteiger partial charge >= 0.3 is 0 Å². The van der Waals surface area contributed by atoms with Crippen molar-refractivity contribution in [1.82, 2.24) is 0 Å². The van der Waals surface area contributed by atoms with Crippen LogP contribution >= 0.6 is 0 Å². The fourth-order valence-electron chi connectivity index (χ4n) is 2.24. The highest BCUT2D eigenvalue weighted by molar-refractivity contribution is 5.50. The van der Waals surface area contributed by atoms with E-state index in [1.165, 1.54) is 0 Å². The second kappa shape index (κ2) is 6.71. The number of hydrogen-bond donors (Lipinski definition) is 0. The summed E-state index contributed by atoms with van der Waals surface area (Å²) in [5.74, 6) is 0.254. The summed E-state index contributed by atoms with van der Waals surface area (Å²) >= 11 is 0. The normalized spacial score (nSPS) is 21.5. The minimum Gasteiger partial charge on any atom is -0.226 e. The van der Waals surface area contributed by atoms with Gasteiger partial charge in [0.25, 0.3) is 11.4 Å². The van der Waals surface area contributed by atoms with Gasteiger partial charge in [0.2, 0.25) is 0 Å². The van der Waals surface area contributed by atoms with Gasteiger partial charge in [-0.3, -0.25) is 0 Å². The molecule has 0 bridgehead atoms. The van der Waals surface area contributed by atoms with Crippen molar-refractivity contribution in [2.75, 3.05) is 0 Å². The summed E-state index contributed by atoms with van der Waals surface area (Å²) in [6, 6.07) is 3.75. The molecule has 0 aromatic carbocycles. The van der Waals surface area contributed by atoms with Gasteiger partial charge in [0.1, 0.15) is 0 Å². The second-order valence-electron chi connectivity index (χ2n) is 4.65. The van der Waals surface area contributed by atoms with E-state index in [9.17, 15) is 0 Å². The molecule has 0 N–H and O–H groups in total. The van der Waals surface area contributed by atoms with Crippen LogP contribution in [0.25, 0.3) is 9.69 Å². The van der Waals surface area contributed by atoms with E-state index in [4.69, 9.17) is 23.7 Å². The first-order chi connectivity index (χ1) is 10.7. The number of allylic oxidation sites excluding steroid dienone is 12. The molecular weight excluding hydrogens is 272 g/mol. The Kier molecular flexibility index (Phi) is 4.52. The standard InChI is InChI=1S/C18H10N4/c1-21-17(11-19)15-7-3-13(4-8-15)14-5-9-16(10-6-14)18(12-20)22-2/h3-10,13-14H. The molecule has 0 amide bonds. The van der Waals surface area contributed by atoms with E-state index >= 15 is 0 Å². The van der Waals surface area contributed by atoms with Crippen molar-refractivity contribution in [3.63, 3.8) is 0 Å². The summed E-state index contributed by atoms with van der Waals surface area (Å²) in [7, 11) is 0. The molecule has 0 unspecified atom stereocenters. The maximum atomic E-state index is 8.85. The molecule has 4 nitrogen and oxygen atoms in total. The zero-order valence-electron chi connectivity index (χ0n) is 11.6. The van der Waals surface area contributed by atoms with E-state index in [-0.39, 0.29) is 23.2 Å². The third-order valence-electron chi connectivity index (χ3n) is 3.42. The summed E-state index contributed by atoms with van der Waals surface area (Å²) in [6.07, 6.45) is 14.9. The van der Waals surface area contributed by atoms with E-state index in [0.29, 0.717) is 11.1 Å². The Morgan fingerprint density at radius 3 is 1.32 bits per heavy atom. The zero-order chi connectivity index (χ0) is 15.9. The largest absolute Gasteiger partial charge is 0.268 e. The number of rotatable bonds is 1. The van der Waals surface area contributed by atoms with Gasteiger partial charge in [0, 0.05) is 11.8 Å². The molecule has 0 saturated carbocycles. The predicted molar refractivity (Wildman–Crippen MR) is 82.0 cm³/mol. The summed E-state index contributed by atoms with van der Waals surface area (Å²) in [6.45, 7) is 13.9. The maximum absolute atomic E-state index is 8.85. The molecule has 0 atom stereocenters. The third kappa shape index (κ3) is 2.94. The van der Waals surface area contributed by atoms with Gasteiger partial charge in [-0.1, -0.05) is 48.6 Å². The SMILES string of the molecule is [C-]#[N+]C(C#N)=C1C=CC(C2C=CC(=C(C#N)[N+]#[C-])C=C2)C=C1. The van der Waals surface area contributed by atoms with Crippen molar-refractivity contribution in [3.05, 3.63) is 94.0 Å². The highest BCUT2D eigenvalue weighted by Gasteiger charge is 2.17. The molecule has 0 aliphatic heterocycles. The predicted octanol–water partition coefficient (Wildman–Crippen LogP) is 3.86. The Morgan fingerprint density at radius 2 is 1.09 bits per heavy atom. The lowest BCUT2D eigenvalue weighted by Crippen LogP contribution is -2.09. The molecule has 4 heteroatoms. The minimum atomic E-state index is 0.0848. The van der Waals surface area contributed by atoms with Crippen molar-refractivity contribution >= 4 is 0 Å². The van der Waals surface area contributed by atoms with Gasteiger partial charge < -0.3 is 0 Å². The Balaban J connectivity index is 2.18. The third-order valence-corrected chi connectivity index (χ3v) is 3.42. The monoisotopic (exact) mass is 282 g/mol. The van der Waals surface area contributed by atoms with Crippen LogP contribution in [0.5, 0.6) is 0 Å². The molecule has 0 heterocycles. The van der Waals surface area contributed by atoms with E-state index in [2.05, 4.69) is 9.69 Å². The fourth-order valence-corrected chi connectivity index (χ4v) is 2.24. The van der Waals surface area contributed by atoms with Crippen molar-refractivity contribution in [2.24, 2.45) is 11.8 Å². The second-order valence-corrected chi connectivity index (χ2v) is 4.65. The van der Waals surface area contributed by atoms with Crippen LogP contribution in [0.1, 0.15) is 0 Å². The number of nitrogens with zero attached hydrogens (tertiary/aromatic N) is 4. The van der Waals surface area contributed by atoms with Crippen molar-refractivity contribution < 1.29 is 0 Å². The molecule has 0 fully saturated rings. The lowest BCUT2D eigenvalue weighted by molar-refractivity contribution is 0.667. The lowest BCUT2D eigenvalue weighted by atomic mass is 9.84. The van der Waals surface area contributed by atoms with Gasteiger partial charge in [-0.25, -0.2) is 20.2 Å². The molecule has 2 aliphatic rings. The van der Waals surface area contributed by atoms with E-state index in [0.717, 1.165) is 0 Å². The van der Waals surface area contributed by atoms with E-state index in [1.54, 1.807) is 24.3 Å². The Hall–Kier alpha value is -3.60. The van der Waals surface area contributed by atoms with Gasteiger partial charge in [-0.2, -0.15) is 0 Å². The summed E-state index contributed by atoms with van der Waals surface area (Å²) in [4.78, 5) is 6.38. The van der Waals surface area contributed by atoms with Gasteiger partial charge in [-0.15, -0.1) is 0 Å². The van der Waals surface area contributed by atoms with Crippen molar-refractivity contribution in [2.45, 2.75) is 0 Å². The highest BCUT2D eigenvalue weighted by atomic mass is 14.7. The molecule has 0 aromatic rings. The lowest BCUT2D eigenvalue weighted by Gasteiger charge is -2.20. The van der Waals surface area contributed by atoms with Crippen LogP contribution in [0.3, 0.4) is 0 Å². The molecule has 2 rings (SSSR count). The first kappa shape index (κ1) is 14.8. The van der Waals surface area contributed by atoms with Gasteiger partial charge in [-0.05, 0) is 11.1 Å². The van der Waals surface area contributed by atoms with Crippen LogP contribution in [-0.4, -0.2) is 0 Å². The van der Waals surface area contributed by atoms with E-state index < -0.39 is 0 Å². The highest BCUT2D eigenvalue weighted by Crippen LogP contribution is 2.29. The molecule has 0 radical (unpaired) electrons. The van der Waals surface area contributed by atoms with Gasteiger partial charge in [0.05, 0.1) is 25.3 Å². The molecule has 0 spiro atoms. The molecule has 0 saturated heterocycles. The summed E-state index contributed by atoms with van der Waals surface area (Å²) in [5.41, 5.74) is 1.42. The van der Waals surface area contributed by atoms with Crippen LogP contribution < -0.4 is 0 Å². The molecule has 22 heavy (non-hydrogen) atoms. The Bertz CT molecular complexity index is 697. The van der Waals surface area contributed by atoms with Crippen molar-refractivity contribution in [3.8, 4) is 12.1 Å². The smallest absolute Gasteiger partial charge is 0.226 e. The summed E-state index contributed by atoms with van der Waals surface area (Å²) < 4.78 is 0. The zero-order valence-corrected chi connectivity index (χ0v) is 11.6. The van der Waals surface area contributed by atoms with Crippen LogP contribution in [0.15, 0.2) is 71.1 Å². The van der Waals surface area contributed by atoms with Crippen LogP contribution in [0.4, 0.5) is 0 Å². The maximum Gasteiger partial charge on any atom is 0.268 e. The molecular formula is C18H10N4. The van der Waals surface area contributed by atoms with Crippen LogP contribution in [0, 0.1) is 47.6 Å². The Morgan fingerprint density at radius 1 is 0.773 bits per heavy atom. The van der Waals surface area contributed by atoms with Crippen LogP contribution in [-0.2, 0) is 0 Å². The van der Waals surface area contributed by atoms with Crippen LogP contribution in [0.2, 0.25) is 0 Å². The molecule has 102 valence electrons. The topological polar surface area (TPSA) is 56.3 Å². The number of nitriles is 2. The van der Waals surface area contributed by atoms with Crippen molar-refractivity contribution in [1.29, 1.82) is 10.5 Å². The minimum absolute atomic E-state index is 0.0848. The quantitative estimate of drug-likeness (QED) is 0.541. The first-order valence-electron chi connectivity index (χ1n) is 6.50. The van der Waals surface area contributed by atoms with Gasteiger partial charge in [0.15, 0.2) is 0 Å². The average Bonchev–Trinajstić information content (AvgIpc) is 2.58. The van der Waals surface area contributed by atoms with E-state index in [1.807, 2.05) is 36.4 Å².